The Morgan fingerprint density at radius 1 is 1.12 bits per heavy atom. The Kier molecular flexibility index (Phi) is 4.48. The summed E-state index contributed by atoms with van der Waals surface area (Å²) in [5, 5.41) is 9.51. The normalized spacial score (nSPS) is 27.6. The van der Waals surface area contributed by atoms with E-state index in [4.69, 9.17) is 0 Å². The van der Waals surface area contributed by atoms with Crippen LogP contribution in [0.2, 0.25) is 0 Å². The van der Waals surface area contributed by atoms with Gasteiger partial charge < -0.3 is 5.11 Å². The highest BCUT2D eigenvalue weighted by Crippen LogP contribution is 2.42. The maximum atomic E-state index is 13.1. The fourth-order valence-electron chi connectivity index (χ4n) is 3.96. The molecule has 0 spiro atoms. The van der Waals surface area contributed by atoms with Gasteiger partial charge in [-0.1, -0.05) is 25.0 Å². The number of nitrogens with zero attached hydrogens (tertiary/aromatic N) is 1. The molecule has 7 heteroatoms. The highest BCUT2D eigenvalue weighted by Gasteiger charge is 2.51. The number of rotatable bonds is 4. The monoisotopic (exact) mass is 351 g/mol. The molecule has 0 aromatic heterocycles. The van der Waals surface area contributed by atoms with E-state index >= 15 is 0 Å². The van der Waals surface area contributed by atoms with E-state index in [9.17, 15) is 23.1 Å². The molecule has 1 saturated heterocycles. The van der Waals surface area contributed by atoms with Gasteiger partial charge in [0.15, 0.2) is 5.78 Å². The minimum absolute atomic E-state index is 0.0463. The van der Waals surface area contributed by atoms with E-state index in [1.165, 1.54) is 35.5 Å². The summed E-state index contributed by atoms with van der Waals surface area (Å²) in [6, 6.07) is 4.48. The van der Waals surface area contributed by atoms with Gasteiger partial charge in [0.1, 0.15) is 6.04 Å². The molecule has 1 aliphatic heterocycles. The molecule has 1 saturated carbocycles. The smallest absolute Gasteiger partial charge is 0.322 e. The Hall–Kier alpha value is -1.73. The Bertz CT molecular complexity index is 756. The molecule has 0 radical (unpaired) electrons. The van der Waals surface area contributed by atoms with E-state index in [0.717, 1.165) is 19.3 Å². The van der Waals surface area contributed by atoms with Crippen LogP contribution in [0, 0.1) is 5.92 Å². The first-order valence-electron chi connectivity index (χ1n) is 8.19. The van der Waals surface area contributed by atoms with Crippen LogP contribution in [0.3, 0.4) is 0 Å². The van der Waals surface area contributed by atoms with Crippen LogP contribution in [0.1, 0.15) is 49.4 Å². The molecule has 2 fully saturated rings. The van der Waals surface area contributed by atoms with Crippen LogP contribution >= 0.6 is 0 Å². The van der Waals surface area contributed by atoms with Crippen molar-refractivity contribution in [2.75, 3.05) is 0 Å². The number of ketones is 1. The molecule has 1 heterocycles. The van der Waals surface area contributed by atoms with Gasteiger partial charge in [0.25, 0.3) is 0 Å². The van der Waals surface area contributed by atoms with E-state index in [-0.39, 0.29) is 22.6 Å². The van der Waals surface area contributed by atoms with Gasteiger partial charge in [-0.15, -0.1) is 0 Å². The van der Waals surface area contributed by atoms with Gasteiger partial charge in [0.2, 0.25) is 10.0 Å². The maximum Gasteiger partial charge on any atom is 0.322 e. The molecule has 1 aliphatic carbocycles. The minimum Gasteiger partial charge on any atom is -0.480 e. The first-order valence-corrected chi connectivity index (χ1v) is 9.63. The van der Waals surface area contributed by atoms with Crippen LogP contribution in [-0.2, 0) is 14.8 Å². The van der Waals surface area contributed by atoms with Gasteiger partial charge in [-0.05, 0) is 44.2 Å². The summed E-state index contributed by atoms with van der Waals surface area (Å²) >= 11 is 0. The summed E-state index contributed by atoms with van der Waals surface area (Å²) in [6.45, 7) is 1.41. The first kappa shape index (κ1) is 17.1. The number of benzene rings is 1. The molecule has 2 aliphatic rings. The molecule has 3 atom stereocenters. The van der Waals surface area contributed by atoms with Crippen molar-refractivity contribution in [2.45, 2.75) is 56.0 Å². The third-order valence-electron chi connectivity index (χ3n) is 5.15. The van der Waals surface area contributed by atoms with Crippen molar-refractivity contribution in [1.29, 1.82) is 0 Å². The standard InChI is InChI=1S/C17H21NO5S/c1-11(19)12-6-8-14(9-7-12)24(22,23)18-15-5-3-2-4-13(15)10-16(18)17(20)21/h6-9,13,15-16H,2-5,10H2,1H3,(H,20,21)/t13-,15-,16-/m0/s1. The van der Waals surface area contributed by atoms with Crippen LogP contribution in [-0.4, -0.2) is 41.7 Å². The number of aliphatic carboxylic acids is 1. The third-order valence-corrected chi connectivity index (χ3v) is 7.10. The fourth-order valence-corrected chi connectivity index (χ4v) is 5.83. The fraction of sp³-hybridized carbons (Fsp3) is 0.529. The maximum absolute atomic E-state index is 13.1. The van der Waals surface area contributed by atoms with Gasteiger partial charge in [-0.25, -0.2) is 8.42 Å². The summed E-state index contributed by atoms with van der Waals surface area (Å²) in [5.41, 5.74) is 0.431. The SMILES string of the molecule is CC(=O)c1ccc(S(=O)(=O)N2[C@H](C(=O)O)C[C@@H]3CCCC[C@@H]32)cc1. The lowest BCUT2D eigenvalue weighted by Gasteiger charge is -2.32. The second kappa shape index (κ2) is 6.29. The number of hydrogen-bond acceptors (Lipinski definition) is 4. The average Bonchev–Trinajstić information content (AvgIpc) is 2.95. The Labute approximate surface area is 141 Å². The van der Waals surface area contributed by atoms with Gasteiger partial charge in [-0.2, -0.15) is 4.31 Å². The lowest BCUT2D eigenvalue weighted by atomic mass is 9.85. The van der Waals surface area contributed by atoms with E-state index < -0.39 is 22.0 Å². The van der Waals surface area contributed by atoms with E-state index in [0.29, 0.717) is 18.4 Å². The van der Waals surface area contributed by atoms with Crippen LogP contribution in [0.15, 0.2) is 29.2 Å². The summed E-state index contributed by atoms with van der Waals surface area (Å²) in [6.07, 6.45) is 3.91. The van der Waals surface area contributed by atoms with Crippen LogP contribution in [0.25, 0.3) is 0 Å². The summed E-state index contributed by atoms with van der Waals surface area (Å²) in [5.74, 6) is -1.12. The highest BCUT2D eigenvalue weighted by atomic mass is 32.2. The molecule has 1 aromatic carbocycles. The Morgan fingerprint density at radius 2 is 1.75 bits per heavy atom. The van der Waals surface area contributed by atoms with Crippen LogP contribution < -0.4 is 0 Å². The predicted octanol–water partition coefficient (Wildman–Crippen LogP) is 2.30. The summed E-state index contributed by atoms with van der Waals surface area (Å²) < 4.78 is 27.3. The lowest BCUT2D eigenvalue weighted by Crippen LogP contribution is -2.46. The molecule has 130 valence electrons. The molecule has 0 bridgehead atoms. The Balaban J connectivity index is 1.99. The molecule has 24 heavy (non-hydrogen) atoms. The second-order valence-electron chi connectivity index (χ2n) is 6.62. The molecule has 6 nitrogen and oxygen atoms in total. The molecule has 0 unspecified atom stereocenters. The number of carboxylic acids is 1. The number of carbonyl (C=O) groups excluding carboxylic acids is 1. The number of carboxylic acid groups (broad SMARTS) is 1. The number of fused-ring (bicyclic) bond motifs is 1. The zero-order chi connectivity index (χ0) is 17.5. The largest absolute Gasteiger partial charge is 0.480 e. The zero-order valence-corrected chi connectivity index (χ0v) is 14.3. The minimum atomic E-state index is -3.90. The zero-order valence-electron chi connectivity index (χ0n) is 13.5. The highest BCUT2D eigenvalue weighted by molar-refractivity contribution is 7.89. The number of Topliss-reactive ketones (excluding diaryl/α,β-unsaturated/α-hetero) is 1. The lowest BCUT2D eigenvalue weighted by molar-refractivity contribution is -0.141. The molecular formula is C17H21NO5S. The molecular weight excluding hydrogens is 330 g/mol. The third kappa shape index (κ3) is 2.86. The van der Waals surface area contributed by atoms with Crippen molar-refractivity contribution in [3.63, 3.8) is 0 Å². The number of hydrogen-bond donors (Lipinski definition) is 1. The quantitative estimate of drug-likeness (QED) is 0.840. The van der Waals surface area contributed by atoms with Gasteiger partial charge in [0.05, 0.1) is 4.90 Å². The van der Waals surface area contributed by atoms with E-state index in [2.05, 4.69) is 0 Å². The van der Waals surface area contributed by atoms with Crippen LogP contribution in [0.4, 0.5) is 0 Å². The van der Waals surface area contributed by atoms with E-state index in [1.807, 2.05) is 0 Å². The van der Waals surface area contributed by atoms with Gasteiger partial charge >= 0.3 is 5.97 Å². The van der Waals surface area contributed by atoms with Crippen molar-refractivity contribution < 1.29 is 23.1 Å². The van der Waals surface area contributed by atoms with Gasteiger partial charge in [-0.3, -0.25) is 9.59 Å². The summed E-state index contributed by atoms with van der Waals surface area (Å²) in [4.78, 5) is 23.0. The molecule has 1 N–H and O–H groups in total. The topological polar surface area (TPSA) is 91.8 Å². The predicted molar refractivity (Wildman–Crippen MR) is 87.3 cm³/mol. The number of sulfonamides is 1. The van der Waals surface area contributed by atoms with E-state index in [1.54, 1.807) is 0 Å². The molecule has 1 aromatic rings. The van der Waals surface area contributed by atoms with Crippen LogP contribution in [0.5, 0.6) is 0 Å². The second-order valence-corrected chi connectivity index (χ2v) is 8.46. The summed E-state index contributed by atoms with van der Waals surface area (Å²) in [7, 11) is -3.90. The van der Waals surface area contributed by atoms with Crippen molar-refractivity contribution in [3.8, 4) is 0 Å². The average molecular weight is 351 g/mol. The first-order chi connectivity index (χ1) is 11.3. The van der Waals surface area contributed by atoms with Crippen molar-refractivity contribution in [1.82, 2.24) is 4.31 Å². The molecule has 3 rings (SSSR count). The number of carbonyl (C=O) groups is 2. The molecule has 0 amide bonds. The van der Waals surface area contributed by atoms with Crippen molar-refractivity contribution in [3.05, 3.63) is 29.8 Å². The van der Waals surface area contributed by atoms with Crippen molar-refractivity contribution in [2.24, 2.45) is 5.92 Å². The van der Waals surface area contributed by atoms with Crippen molar-refractivity contribution >= 4 is 21.8 Å². The van der Waals surface area contributed by atoms with Gasteiger partial charge in [0, 0.05) is 11.6 Å². The Morgan fingerprint density at radius 3 is 2.33 bits per heavy atom.